The molecule has 1 fully saturated rings. The number of phenolic OH excluding ortho intramolecular Hbond substituents is 1. The van der Waals surface area contributed by atoms with E-state index in [0.29, 0.717) is 18.5 Å². The van der Waals surface area contributed by atoms with Crippen LogP contribution in [-0.2, 0) is 11.2 Å². The number of carbonyl (C=O) groups excluding carboxylic acids is 1. The first-order valence-electron chi connectivity index (χ1n) is 7.02. The van der Waals surface area contributed by atoms with Crippen molar-refractivity contribution in [2.24, 2.45) is 0 Å². The summed E-state index contributed by atoms with van der Waals surface area (Å²) in [6.07, 6.45) is 5.91. The van der Waals surface area contributed by atoms with Crippen LogP contribution >= 0.6 is 0 Å². The van der Waals surface area contributed by atoms with Crippen molar-refractivity contribution >= 4 is 11.6 Å². The molecule has 0 aromatic heterocycles. The Labute approximate surface area is 114 Å². The number of anilines is 1. The molecule has 0 spiro atoms. The van der Waals surface area contributed by atoms with Gasteiger partial charge in [-0.25, -0.2) is 0 Å². The molecule has 0 saturated carbocycles. The first kappa shape index (κ1) is 13.7. The maximum Gasteiger partial charge on any atom is 0.222 e. The Morgan fingerprint density at radius 2 is 1.89 bits per heavy atom. The van der Waals surface area contributed by atoms with E-state index in [1.807, 2.05) is 11.0 Å². The summed E-state index contributed by atoms with van der Waals surface area (Å²) in [5, 5.41) is 9.36. The quantitative estimate of drug-likeness (QED) is 0.649. The van der Waals surface area contributed by atoms with Crippen LogP contribution in [0.4, 0.5) is 5.69 Å². The normalized spacial score (nSPS) is 16.1. The monoisotopic (exact) mass is 262 g/mol. The number of amides is 1. The lowest BCUT2D eigenvalue weighted by atomic mass is 10.1. The molecule has 1 heterocycles. The van der Waals surface area contributed by atoms with Crippen molar-refractivity contribution < 1.29 is 9.90 Å². The minimum absolute atomic E-state index is 0.0996. The summed E-state index contributed by atoms with van der Waals surface area (Å²) in [6.45, 7) is 1.80. The Morgan fingerprint density at radius 1 is 1.21 bits per heavy atom. The molecule has 104 valence electrons. The fraction of sp³-hybridized carbons (Fsp3) is 0.533. The van der Waals surface area contributed by atoms with Crippen LogP contribution < -0.4 is 5.73 Å². The van der Waals surface area contributed by atoms with Crippen LogP contribution in [0.5, 0.6) is 5.75 Å². The van der Waals surface area contributed by atoms with Crippen molar-refractivity contribution in [2.75, 3.05) is 18.8 Å². The van der Waals surface area contributed by atoms with Gasteiger partial charge in [0.05, 0.1) is 5.69 Å². The summed E-state index contributed by atoms with van der Waals surface area (Å²) < 4.78 is 0. The Morgan fingerprint density at radius 3 is 2.53 bits per heavy atom. The second-order valence-corrected chi connectivity index (χ2v) is 5.19. The van der Waals surface area contributed by atoms with Gasteiger partial charge in [0.15, 0.2) is 0 Å². The average Bonchev–Trinajstić information content (AvgIpc) is 2.69. The molecule has 19 heavy (non-hydrogen) atoms. The number of benzene rings is 1. The zero-order valence-corrected chi connectivity index (χ0v) is 11.3. The third kappa shape index (κ3) is 3.88. The number of nitrogens with zero attached hydrogens (tertiary/aromatic N) is 1. The highest BCUT2D eigenvalue weighted by atomic mass is 16.3. The van der Waals surface area contributed by atoms with E-state index in [9.17, 15) is 9.90 Å². The van der Waals surface area contributed by atoms with E-state index in [2.05, 4.69) is 0 Å². The molecular formula is C15H22N2O2. The predicted molar refractivity (Wildman–Crippen MR) is 75.9 cm³/mol. The van der Waals surface area contributed by atoms with Crippen LogP contribution in [0.1, 0.15) is 37.7 Å². The average molecular weight is 262 g/mol. The van der Waals surface area contributed by atoms with Gasteiger partial charge in [-0.3, -0.25) is 4.79 Å². The summed E-state index contributed by atoms with van der Waals surface area (Å²) in [6, 6.07) is 5.15. The standard InChI is InChI=1S/C15H22N2O2/c16-13-11-12(5-7-14(13)18)6-8-15(19)17-9-3-1-2-4-10-17/h5,7,11,18H,1-4,6,8-10,16H2. The lowest BCUT2D eigenvalue weighted by Crippen LogP contribution is -2.31. The molecule has 1 aliphatic heterocycles. The van der Waals surface area contributed by atoms with E-state index in [1.165, 1.54) is 12.8 Å². The fourth-order valence-electron chi connectivity index (χ4n) is 2.49. The Hall–Kier alpha value is -1.71. The highest BCUT2D eigenvalue weighted by molar-refractivity contribution is 5.76. The lowest BCUT2D eigenvalue weighted by molar-refractivity contribution is -0.131. The predicted octanol–water partition coefficient (Wildman–Crippen LogP) is 2.31. The van der Waals surface area contributed by atoms with Crippen LogP contribution in [0, 0.1) is 0 Å². The molecule has 1 aromatic rings. The van der Waals surface area contributed by atoms with Crippen molar-refractivity contribution in [3.05, 3.63) is 23.8 Å². The topological polar surface area (TPSA) is 66.6 Å². The van der Waals surface area contributed by atoms with Crippen LogP contribution in [0.25, 0.3) is 0 Å². The number of rotatable bonds is 3. The summed E-state index contributed by atoms with van der Waals surface area (Å²) >= 11 is 0. The number of carbonyl (C=O) groups is 1. The van der Waals surface area contributed by atoms with Crippen LogP contribution in [-0.4, -0.2) is 29.0 Å². The third-order valence-corrected chi connectivity index (χ3v) is 3.68. The SMILES string of the molecule is Nc1cc(CCC(=O)N2CCCCCC2)ccc1O. The van der Waals surface area contributed by atoms with E-state index in [-0.39, 0.29) is 11.7 Å². The number of nitrogen functional groups attached to an aromatic ring is 1. The van der Waals surface area contributed by atoms with Gasteiger partial charge in [-0.05, 0) is 37.0 Å². The maximum absolute atomic E-state index is 12.1. The first-order chi connectivity index (χ1) is 9.16. The van der Waals surface area contributed by atoms with Gasteiger partial charge >= 0.3 is 0 Å². The molecule has 1 aliphatic rings. The van der Waals surface area contributed by atoms with E-state index in [1.54, 1.807) is 12.1 Å². The largest absolute Gasteiger partial charge is 0.506 e. The number of phenols is 1. The molecule has 0 atom stereocenters. The molecule has 1 saturated heterocycles. The highest BCUT2D eigenvalue weighted by Gasteiger charge is 2.15. The van der Waals surface area contributed by atoms with E-state index < -0.39 is 0 Å². The zero-order chi connectivity index (χ0) is 13.7. The number of aromatic hydroxyl groups is 1. The molecule has 0 bridgehead atoms. The van der Waals surface area contributed by atoms with Gasteiger partial charge in [0.25, 0.3) is 0 Å². The molecule has 3 N–H and O–H groups in total. The number of aryl methyl sites for hydroxylation is 1. The summed E-state index contributed by atoms with van der Waals surface area (Å²) in [7, 11) is 0. The smallest absolute Gasteiger partial charge is 0.222 e. The Bertz CT molecular complexity index is 438. The number of hydrogen-bond acceptors (Lipinski definition) is 3. The van der Waals surface area contributed by atoms with Crippen LogP contribution in [0.3, 0.4) is 0 Å². The summed E-state index contributed by atoms with van der Waals surface area (Å²) in [4.78, 5) is 14.1. The van der Waals surface area contributed by atoms with Crippen LogP contribution in [0.2, 0.25) is 0 Å². The van der Waals surface area contributed by atoms with Gasteiger partial charge in [-0.15, -0.1) is 0 Å². The molecule has 2 rings (SSSR count). The molecule has 0 unspecified atom stereocenters. The molecule has 4 nitrogen and oxygen atoms in total. The van der Waals surface area contributed by atoms with Gasteiger partial charge in [-0.1, -0.05) is 18.9 Å². The minimum Gasteiger partial charge on any atom is -0.506 e. The number of nitrogens with two attached hydrogens (primary N) is 1. The minimum atomic E-state index is 0.0996. The summed E-state index contributed by atoms with van der Waals surface area (Å²) in [5.41, 5.74) is 7.02. The second-order valence-electron chi connectivity index (χ2n) is 5.19. The van der Waals surface area contributed by atoms with Crippen molar-refractivity contribution in [3.63, 3.8) is 0 Å². The van der Waals surface area contributed by atoms with E-state index in [4.69, 9.17) is 5.73 Å². The maximum atomic E-state index is 12.1. The van der Waals surface area contributed by atoms with E-state index >= 15 is 0 Å². The van der Waals surface area contributed by atoms with Gasteiger partial charge < -0.3 is 15.7 Å². The third-order valence-electron chi connectivity index (χ3n) is 3.68. The van der Waals surface area contributed by atoms with Crippen molar-refractivity contribution in [1.29, 1.82) is 0 Å². The zero-order valence-electron chi connectivity index (χ0n) is 11.3. The van der Waals surface area contributed by atoms with Crippen molar-refractivity contribution in [2.45, 2.75) is 38.5 Å². The molecule has 0 aliphatic carbocycles. The van der Waals surface area contributed by atoms with E-state index in [0.717, 1.165) is 31.5 Å². The fourth-order valence-corrected chi connectivity index (χ4v) is 2.49. The Balaban J connectivity index is 1.86. The molecule has 1 amide bonds. The molecular weight excluding hydrogens is 240 g/mol. The van der Waals surface area contributed by atoms with Crippen molar-refractivity contribution in [1.82, 2.24) is 4.90 Å². The lowest BCUT2D eigenvalue weighted by Gasteiger charge is -2.20. The number of likely N-dealkylation sites (tertiary alicyclic amines) is 1. The molecule has 0 radical (unpaired) electrons. The van der Waals surface area contributed by atoms with Gasteiger partial charge in [0, 0.05) is 19.5 Å². The van der Waals surface area contributed by atoms with Crippen LogP contribution in [0.15, 0.2) is 18.2 Å². The highest BCUT2D eigenvalue weighted by Crippen LogP contribution is 2.21. The van der Waals surface area contributed by atoms with Gasteiger partial charge in [0.2, 0.25) is 5.91 Å². The van der Waals surface area contributed by atoms with Crippen molar-refractivity contribution in [3.8, 4) is 5.75 Å². The Kier molecular flexibility index (Phi) is 4.66. The molecule has 4 heteroatoms. The van der Waals surface area contributed by atoms with Gasteiger partial charge in [-0.2, -0.15) is 0 Å². The first-order valence-corrected chi connectivity index (χ1v) is 7.02. The second kappa shape index (κ2) is 6.45. The summed E-state index contributed by atoms with van der Waals surface area (Å²) in [5.74, 6) is 0.330. The number of hydrogen-bond donors (Lipinski definition) is 2. The van der Waals surface area contributed by atoms with Gasteiger partial charge in [0.1, 0.15) is 5.75 Å². The molecule has 1 aromatic carbocycles.